The summed E-state index contributed by atoms with van der Waals surface area (Å²) in [6.45, 7) is 3.08. The number of ether oxygens (including phenoxy) is 2. The number of hydrogen-bond donors (Lipinski definition) is 0. The molecule has 0 aromatic heterocycles. The average molecular weight is 448 g/mol. The summed E-state index contributed by atoms with van der Waals surface area (Å²) < 4.78 is 78.4. The highest BCUT2D eigenvalue weighted by molar-refractivity contribution is 6.27. The van der Waals surface area contributed by atoms with Crippen LogP contribution in [0, 0.1) is 5.92 Å². The van der Waals surface area contributed by atoms with E-state index in [1.54, 1.807) is 0 Å². The molecule has 6 nitrogen and oxygen atoms in total. The Labute approximate surface area is 168 Å². The highest BCUT2D eigenvalue weighted by Crippen LogP contribution is 2.45. The number of carbonyl (C=O) groups is 3. The third-order valence-corrected chi connectivity index (χ3v) is 4.20. The molecule has 29 heavy (non-hydrogen) atoms. The van der Waals surface area contributed by atoms with Crippen LogP contribution in [0.15, 0.2) is 22.4 Å². The molecule has 1 atom stereocenters. The van der Waals surface area contributed by atoms with E-state index in [2.05, 4.69) is 9.47 Å². The number of carbonyl (C=O) groups excluding carboxylic acids is 3. The third-order valence-electron chi connectivity index (χ3n) is 3.98. The van der Waals surface area contributed by atoms with Gasteiger partial charge in [-0.2, -0.15) is 13.2 Å². The summed E-state index contributed by atoms with van der Waals surface area (Å²) in [4.78, 5) is 36.4. The standard InChI is InChI=1S/C17H19ClF5NO5/c1-7(2)5-8-10(15(26)28-3)12(14(19)20)24(9(25)6-18)13(17(21,22)23)11(8)16(27)29-4/h7,12,14H,5-6H2,1-4H3. The van der Waals surface area contributed by atoms with E-state index >= 15 is 0 Å². The lowest BCUT2D eigenvalue weighted by Gasteiger charge is -2.40. The predicted octanol–water partition coefficient (Wildman–Crippen LogP) is 3.21. The molecule has 1 aliphatic rings. The molecule has 0 saturated heterocycles. The van der Waals surface area contributed by atoms with E-state index in [0.717, 1.165) is 14.2 Å². The molecule has 0 aliphatic carbocycles. The summed E-state index contributed by atoms with van der Waals surface area (Å²) in [7, 11) is 1.61. The third kappa shape index (κ3) is 5.06. The van der Waals surface area contributed by atoms with Gasteiger partial charge in [0, 0.05) is 0 Å². The molecular weight excluding hydrogens is 429 g/mol. The number of allylic oxidation sites excluding steroid dienone is 1. The minimum absolute atomic E-state index is 0.361. The first-order valence-electron chi connectivity index (χ1n) is 8.21. The van der Waals surface area contributed by atoms with Crippen LogP contribution in [0.3, 0.4) is 0 Å². The maximum Gasteiger partial charge on any atom is 0.432 e. The fourth-order valence-electron chi connectivity index (χ4n) is 3.00. The Bertz CT molecular complexity index is 745. The SMILES string of the molecule is COC(=O)C1=C(C(F)(F)F)N(C(=O)CCl)C(C(F)F)C(C(=O)OC)=C1CC(C)C. The number of halogens is 6. The molecule has 12 heteroatoms. The fourth-order valence-corrected chi connectivity index (χ4v) is 3.13. The largest absolute Gasteiger partial charge is 0.466 e. The molecule has 0 bridgehead atoms. The number of alkyl halides is 6. The molecule has 1 rings (SSSR count). The molecule has 0 N–H and O–H groups in total. The zero-order valence-corrected chi connectivity index (χ0v) is 16.7. The Morgan fingerprint density at radius 2 is 1.62 bits per heavy atom. The van der Waals surface area contributed by atoms with Gasteiger partial charge in [0.25, 0.3) is 6.43 Å². The van der Waals surface area contributed by atoms with E-state index in [-0.39, 0.29) is 11.3 Å². The number of esters is 2. The van der Waals surface area contributed by atoms with Crippen LogP contribution in [0.4, 0.5) is 22.0 Å². The lowest BCUT2D eigenvalue weighted by molar-refractivity contribution is -0.152. The molecule has 0 radical (unpaired) electrons. The summed E-state index contributed by atoms with van der Waals surface area (Å²) in [6.07, 6.45) is -9.39. The van der Waals surface area contributed by atoms with Gasteiger partial charge in [0.2, 0.25) is 5.91 Å². The minimum atomic E-state index is -5.41. The van der Waals surface area contributed by atoms with Crippen molar-refractivity contribution < 1.29 is 45.8 Å². The second kappa shape index (κ2) is 9.55. The molecule has 164 valence electrons. The molecule has 0 spiro atoms. The van der Waals surface area contributed by atoms with Crippen molar-refractivity contribution in [1.29, 1.82) is 0 Å². The summed E-state index contributed by atoms with van der Waals surface area (Å²) in [6, 6.07) is -2.65. The van der Waals surface area contributed by atoms with Gasteiger partial charge in [-0.3, -0.25) is 9.69 Å². The van der Waals surface area contributed by atoms with E-state index in [9.17, 15) is 36.3 Å². The van der Waals surface area contributed by atoms with E-state index in [1.165, 1.54) is 13.8 Å². The Kier molecular flexibility index (Phi) is 8.19. The zero-order chi connectivity index (χ0) is 22.7. The first-order valence-corrected chi connectivity index (χ1v) is 8.74. The van der Waals surface area contributed by atoms with Gasteiger partial charge in [0.1, 0.15) is 17.6 Å². The maximum absolute atomic E-state index is 13.9. The topological polar surface area (TPSA) is 72.9 Å². The lowest BCUT2D eigenvalue weighted by Crippen LogP contribution is -2.54. The maximum atomic E-state index is 13.9. The molecular formula is C17H19ClF5NO5. The quantitative estimate of drug-likeness (QED) is 0.355. The number of amides is 1. The van der Waals surface area contributed by atoms with Gasteiger partial charge in [-0.25, -0.2) is 18.4 Å². The number of nitrogens with zero attached hydrogens (tertiary/aromatic N) is 1. The monoisotopic (exact) mass is 447 g/mol. The molecule has 1 aliphatic heterocycles. The Balaban J connectivity index is 4.19. The molecule has 0 aromatic rings. The van der Waals surface area contributed by atoms with E-state index in [0.29, 0.717) is 0 Å². The highest BCUT2D eigenvalue weighted by atomic mass is 35.5. The van der Waals surface area contributed by atoms with E-state index in [1.807, 2.05) is 0 Å². The lowest BCUT2D eigenvalue weighted by atomic mass is 9.83. The van der Waals surface area contributed by atoms with Crippen molar-refractivity contribution in [2.45, 2.75) is 38.9 Å². The Morgan fingerprint density at radius 3 is 1.97 bits per heavy atom. The van der Waals surface area contributed by atoms with Crippen molar-refractivity contribution in [2.75, 3.05) is 20.1 Å². The first-order chi connectivity index (χ1) is 13.3. The van der Waals surface area contributed by atoms with Crippen molar-refractivity contribution >= 4 is 29.4 Å². The van der Waals surface area contributed by atoms with Crippen molar-refractivity contribution in [1.82, 2.24) is 4.90 Å². The van der Waals surface area contributed by atoms with Gasteiger partial charge in [-0.15, -0.1) is 11.6 Å². The van der Waals surface area contributed by atoms with Crippen LogP contribution in [0.25, 0.3) is 0 Å². The summed E-state index contributed by atoms with van der Waals surface area (Å²) in [5, 5.41) is 0. The molecule has 1 heterocycles. The number of rotatable bonds is 6. The Hall–Kier alpha value is -2.17. The van der Waals surface area contributed by atoms with Crippen molar-refractivity contribution in [3.63, 3.8) is 0 Å². The average Bonchev–Trinajstić information content (AvgIpc) is 2.63. The van der Waals surface area contributed by atoms with Crippen molar-refractivity contribution in [3.05, 3.63) is 22.4 Å². The van der Waals surface area contributed by atoms with Crippen molar-refractivity contribution in [2.24, 2.45) is 5.92 Å². The number of methoxy groups -OCH3 is 2. The normalized spacial score (nSPS) is 17.9. The molecule has 1 amide bonds. The van der Waals surface area contributed by atoms with Crippen LogP contribution >= 0.6 is 11.6 Å². The molecule has 0 saturated carbocycles. The summed E-state index contributed by atoms with van der Waals surface area (Å²) >= 11 is 5.34. The minimum Gasteiger partial charge on any atom is -0.466 e. The number of hydrogen-bond acceptors (Lipinski definition) is 5. The van der Waals surface area contributed by atoms with E-state index < -0.39 is 70.7 Å². The summed E-state index contributed by atoms with van der Waals surface area (Å²) in [5.41, 5.74) is -4.70. The van der Waals surface area contributed by atoms with Gasteiger partial charge in [-0.1, -0.05) is 13.8 Å². The van der Waals surface area contributed by atoms with Gasteiger partial charge in [-0.05, 0) is 17.9 Å². The molecule has 0 fully saturated rings. The fraction of sp³-hybridized carbons (Fsp3) is 0.588. The summed E-state index contributed by atoms with van der Waals surface area (Å²) in [5.74, 6) is -6.08. The molecule has 0 aromatic carbocycles. The van der Waals surface area contributed by atoms with Gasteiger partial charge >= 0.3 is 18.1 Å². The van der Waals surface area contributed by atoms with Gasteiger partial charge < -0.3 is 9.47 Å². The van der Waals surface area contributed by atoms with Crippen LogP contribution in [0.5, 0.6) is 0 Å². The van der Waals surface area contributed by atoms with Crippen LogP contribution in [0.1, 0.15) is 20.3 Å². The Morgan fingerprint density at radius 1 is 1.10 bits per heavy atom. The van der Waals surface area contributed by atoms with Crippen LogP contribution in [-0.2, 0) is 23.9 Å². The second-order valence-electron chi connectivity index (χ2n) is 6.37. The van der Waals surface area contributed by atoms with Gasteiger partial charge in [0.05, 0.1) is 25.4 Å². The zero-order valence-electron chi connectivity index (χ0n) is 15.9. The van der Waals surface area contributed by atoms with Crippen LogP contribution in [0.2, 0.25) is 0 Å². The van der Waals surface area contributed by atoms with Crippen LogP contribution in [-0.4, -0.2) is 61.5 Å². The highest BCUT2D eigenvalue weighted by Gasteiger charge is 2.54. The van der Waals surface area contributed by atoms with Crippen LogP contribution < -0.4 is 0 Å². The predicted molar refractivity (Wildman–Crippen MR) is 91.0 cm³/mol. The van der Waals surface area contributed by atoms with E-state index in [4.69, 9.17) is 11.6 Å². The second-order valence-corrected chi connectivity index (χ2v) is 6.64. The van der Waals surface area contributed by atoms with Crippen molar-refractivity contribution in [3.8, 4) is 0 Å². The molecule has 1 unspecified atom stereocenters. The smallest absolute Gasteiger partial charge is 0.432 e. The first kappa shape index (κ1) is 24.9. The van der Waals surface area contributed by atoms with Gasteiger partial charge in [0.15, 0.2) is 0 Å².